The number of aromatic nitrogens is 2. The molecule has 1 aliphatic rings. The number of ether oxygens (including phenoxy) is 2. The van der Waals surface area contributed by atoms with Crippen molar-refractivity contribution in [2.24, 2.45) is 0 Å². The van der Waals surface area contributed by atoms with Crippen LogP contribution in [-0.2, 0) is 4.79 Å². The zero-order chi connectivity index (χ0) is 22.1. The summed E-state index contributed by atoms with van der Waals surface area (Å²) in [5, 5.41) is 5.45. The number of piperazine rings is 1. The fourth-order valence-corrected chi connectivity index (χ4v) is 3.25. The minimum Gasteiger partial charge on any atom is -0.493 e. The van der Waals surface area contributed by atoms with Crippen LogP contribution in [0.3, 0.4) is 0 Å². The van der Waals surface area contributed by atoms with Crippen LogP contribution in [0.2, 0.25) is 0 Å². The van der Waals surface area contributed by atoms with Gasteiger partial charge >= 0.3 is 6.03 Å². The Hall–Kier alpha value is -3.56. The summed E-state index contributed by atoms with van der Waals surface area (Å²) in [6, 6.07) is 6.54. The molecule has 3 rings (SSSR count). The Morgan fingerprint density at radius 3 is 2.52 bits per heavy atom. The summed E-state index contributed by atoms with van der Waals surface area (Å²) in [6.45, 7) is 5.19. The highest BCUT2D eigenvalue weighted by atomic mass is 16.5. The number of carbonyl (C=O) groups is 2. The minimum atomic E-state index is -0.383. The molecule has 2 aromatic rings. The maximum Gasteiger partial charge on any atom is 0.319 e. The van der Waals surface area contributed by atoms with Crippen molar-refractivity contribution < 1.29 is 19.1 Å². The van der Waals surface area contributed by atoms with Crippen LogP contribution in [-0.4, -0.2) is 73.2 Å². The molecule has 0 spiro atoms. The van der Waals surface area contributed by atoms with Crippen molar-refractivity contribution in [3.05, 3.63) is 36.7 Å². The predicted molar refractivity (Wildman–Crippen MR) is 117 cm³/mol. The zero-order valence-electron chi connectivity index (χ0n) is 17.8. The normalized spacial score (nSPS) is 13.5. The van der Waals surface area contributed by atoms with E-state index in [-0.39, 0.29) is 24.9 Å². The number of hydrogen-bond acceptors (Lipinski definition) is 7. The number of urea groups is 1. The van der Waals surface area contributed by atoms with Crippen molar-refractivity contribution in [2.45, 2.75) is 13.3 Å². The van der Waals surface area contributed by atoms with Crippen molar-refractivity contribution in [2.75, 3.05) is 56.7 Å². The van der Waals surface area contributed by atoms with Gasteiger partial charge in [0.25, 0.3) is 0 Å². The van der Waals surface area contributed by atoms with Gasteiger partial charge in [0.1, 0.15) is 0 Å². The molecule has 0 unspecified atom stereocenters. The first kappa shape index (κ1) is 22.1. The monoisotopic (exact) mass is 428 g/mol. The third-order valence-electron chi connectivity index (χ3n) is 4.81. The lowest BCUT2D eigenvalue weighted by Crippen LogP contribution is -2.49. The fourth-order valence-electron chi connectivity index (χ4n) is 3.25. The van der Waals surface area contributed by atoms with Crippen LogP contribution >= 0.6 is 0 Å². The van der Waals surface area contributed by atoms with Crippen molar-refractivity contribution in [1.29, 1.82) is 0 Å². The fraction of sp³-hybridized carbons (Fsp3) is 0.429. The second-order valence-electron chi connectivity index (χ2n) is 6.85. The second-order valence-corrected chi connectivity index (χ2v) is 6.85. The van der Waals surface area contributed by atoms with E-state index < -0.39 is 0 Å². The summed E-state index contributed by atoms with van der Waals surface area (Å²) in [5.41, 5.74) is 0.576. The highest BCUT2D eigenvalue weighted by Gasteiger charge is 2.22. The van der Waals surface area contributed by atoms with Gasteiger partial charge in [0, 0.05) is 63.3 Å². The van der Waals surface area contributed by atoms with Gasteiger partial charge in [-0.05, 0) is 25.1 Å². The number of benzene rings is 1. The third-order valence-corrected chi connectivity index (χ3v) is 4.81. The van der Waals surface area contributed by atoms with Gasteiger partial charge in [-0.1, -0.05) is 0 Å². The van der Waals surface area contributed by atoms with Crippen molar-refractivity contribution in [1.82, 2.24) is 20.2 Å². The van der Waals surface area contributed by atoms with Crippen LogP contribution in [0.25, 0.3) is 0 Å². The van der Waals surface area contributed by atoms with E-state index in [2.05, 4.69) is 25.5 Å². The Kier molecular flexibility index (Phi) is 7.85. The van der Waals surface area contributed by atoms with Crippen LogP contribution in [0.1, 0.15) is 13.3 Å². The molecule has 1 saturated heterocycles. The SMILES string of the molecule is CCOc1cc(NC(=O)NCCC(=O)N2CCN(c3ncccn3)CC2)ccc1OC. The minimum absolute atomic E-state index is 0.0111. The maximum atomic E-state index is 12.4. The number of nitrogens with zero attached hydrogens (tertiary/aromatic N) is 4. The number of hydrogen-bond donors (Lipinski definition) is 2. The molecule has 1 aromatic heterocycles. The molecular formula is C21H28N6O4. The highest BCUT2D eigenvalue weighted by molar-refractivity contribution is 5.90. The highest BCUT2D eigenvalue weighted by Crippen LogP contribution is 2.30. The van der Waals surface area contributed by atoms with Crippen molar-refractivity contribution in [3.8, 4) is 11.5 Å². The summed E-state index contributed by atoms with van der Waals surface area (Å²) in [4.78, 5) is 36.9. The van der Waals surface area contributed by atoms with E-state index in [1.54, 1.807) is 48.7 Å². The van der Waals surface area contributed by atoms with Gasteiger partial charge in [-0.25, -0.2) is 14.8 Å². The van der Waals surface area contributed by atoms with Gasteiger partial charge in [-0.15, -0.1) is 0 Å². The summed E-state index contributed by atoms with van der Waals surface area (Å²) >= 11 is 0. The first-order chi connectivity index (χ1) is 15.1. The number of carbonyl (C=O) groups excluding carboxylic acids is 2. The molecule has 0 saturated carbocycles. The van der Waals surface area contributed by atoms with Crippen LogP contribution in [0.15, 0.2) is 36.7 Å². The molecule has 0 aliphatic carbocycles. The van der Waals surface area contributed by atoms with Crippen LogP contribution < -0.4 is 25.0 Å². The summed E-state index contributed by atoms with van der Waals surface area (Å²) in [5.74, 6) is 1.84. The lowest BCUT2D eigenvalue weighted by molar-refractivity contribution is -0.131. The van der Waals surface area contributed by atoms with Gasteiger partial charge in [0.2, 0.25) is 11.9 Å². The Labute approximate surface area is 181 Å². The quantitative estimate of drug-likeness (QED) is 0.659. The van der Waals surface area contributed by atoms with E-state index in [9.17, 15) is 9.59 Å². The van der Waals surface area contributed by atoms with E-state index in [1.165, 1.54) is 0 Å². The Morgan fingerprint density at radius 1 is 1.10 bits per heavy atom. The zero-order valence-corrected chi connectivity index (χ0v) is 17.8. The number of nitrogens with one attached hydrogen (secondary N) is 2. The molecule has 2 heterocycles. The summed E-state index contributed by atoms with van der Waals surface area (Å²) in [7, 11) is 1.56. The van der Waals surface area contributed by atoms with Crippen LogP contribution in [0, 0.1) is 0 Å². The maximum absolute atomic E-state index is 12.4. The predicted octanol–water partition coefficient (Wildman–Crippen LogP) is 1.74. The number of anilines is 2. The van der Waals surface area contributed by atoms with Gasteiger partial charge in [-0.3, -0.25) is 4.79 Å². The second kappa shape index (κ2) is 11.0. The molecular weight excluding hydrogens is 400 g/mol. The number of amides is 3. The Bertz CT molecular complexity index is 871. The molecule has 0 atom stereocenters. The average molecular weight is 428 g/mol. The number of rotatable bonds is 8. The first-order valence-corrected chi connectivity index (χ1v) is 10.3. The largest absolute Gasteiger partial charge is 0.493 e. The standard InChI is InChI=1S/C21H28N6O4/c1-3-31-18-15-16(5-6-17(18)30-2)25-21(29)24-10-7-19(28)26-11-13-27(14-12-26)20-22-8-4-9-23-20/h4-6,8-9,15H,3,7,10-14H2,1-2H3,(H2,24,25,29). The van der Waals surface area contributed by atoms with E-state index in [1.807, 2.05) is 6.92 Å². The van der Waals surface area contributed by atoms with Gasteiger partial charge in [-0.2, -0.15) is 0 Å². The molecule has 0 radical (unpaired) electrons. The van der Waals surface area contributed by atoms with E-state index in [0.717, 1.165) is 0 Å². The van der Waals surface area contributed by atoms with Crippen LogP contribution in [0.5, 0.6) is 11.5 Å². The molecule has 166 valence electrons. The topological polar surface area (TPSA) is 109 Å². The molecule has 31 heavy (non-hydrogen) atoms. The first-order valence-electron chi connectivity index (χ1n) is 10.3. The summed E-state index contributed by atoms with van der Waals surface area (Å²) in [6.07, 6.45) is 3.66. The molecule has 0 bridgehead atoms. The molecule has 2 N–H and O–H groups in total. The van der Waals surface area contributed by atoms with Crippen molar-refractivity contribution in [3.63, 3.8) is 0 Å². The Morgan fingerprint density at radius 2 is 1.84 bits per heavy atom. The van der Waals surface area contributed by atoms with Crippen molar-refractivity contribution >= 4 is 23.6 Å². The van der Waals surface area contributed by atoms with E-state index >= 15 is 0 Å². The van der Waals surface area contributed by atoms with Gasteiger partial charge in [0.15, 0.2) is 11.5 Å². The lowest BCUT2D eigenvalue weighted by atomic mass is 10.2. The van der Waals surface area contributed by atoms with Gasteiger partial charge in [0.05, 0.1) is 13.7 Å². The number of methoxy groups -OCH3 is 1. The summed E-state index contributed by atoms with van der Waals surface area (Å²) < 4.78 is 10.7. The molecule has 1 fully saturated rings. The molecule has 1 aliphatic heterocycles. The lowest BCUT2D eigenvalue weighted by Gasteiger charge is -2.34. The third kappa shape index (κ3) is 6.21. The van der Waals surface area contributed by atoms with Gasteiger partial charge < -0.3 is 29.9 Å². The molecule has 3 amide bonds. The average Bonchev–Trinajstić information content (AvgIpc) is 2.80. The van der Waals surface area contributed by atoms with Crippen LogP contribution in [0.4, 0.5) is 16.4 Å². The molecule has 10 heteroatoms. The molecule has 1 aromatic carbocycles. The molecule has 10 nitrogen and oxygen atoms in total. The van der Waals surface area contributed by atoms with E-state index in [4.69, 9.17) is 9.47 Å². The smallest absolute Gasteiger partial charge is 0.319 e. The van der Waals surface area contributed by atoms with E-state index in [0.29, 0.717) is 55.9 Å². The Balaban J connectivity index is 1.39.